The van der Waals surface area contributed by atoms with Crippen LogP contribution in [0.3, 0.4) is 0 Å². The number of hydrogen-bond donors (Lipinski definition) is 2. The summed E-state index contributed by atoms with van der Waals surface area (Å²) >= 11 is 6.13. The van der Waals surface area contributed by atoms with E-state index in [-0.39, 0.29) is 0 Å². The molecule has 0 spiro atoms. The molecule has 0 atom stereocenters. The molecule has 1 heterocycles. The first-order valence-electron chi connectivity index (χ1n) is 5.98. The molecule has 0 aliphatic carbocycles. The van der Waals surface area contributed by atoms with Crippen LogP contribution in [0.25, 0.3) is 0 Å². The highest BCUT2D eigenvalue weighted by molar-refractivity contribution is 6.33. The van der Waals surface area contributed by atoms with Gasteiger partial charge in [0.15, 0.2) is 5.82 Å². The molecule has 0 bridgehead atoms. The van der Waals surface area contributed by atoms with Crippen molar-refractivity contribution in [1.29, 1.82) is 0 Å². The van der Waals surface area contributed by atoms with Crippen molar-refractivity contribution in [2.24, 2.45) is 0 Å². The van der Waals surface area contributed by atoms with Crippen molar-refractivity contribution in [2.45, 2.75) is 26.8 Å². The van der Waals surface area contributed by atoms with Crippen LogP contribution < -0.4 is 11.1 Å². The van der Waals surface area contributed by atoms with Gasteiger partial charge in [0, 0.05) is 6.54 Å². The Morgan fingerprint density at radius 1 is 1.39 bits per heavy atom. The second kappa shape index (κ2) is 5.31. The van der Waals surface area contributed by atoms with E-state index in [4.69, 9.17) is 17.3 Å². The summed E-state index contributed by atoms with van der Waals surface area (Å²) in [5, 5.41) is 8.34. The van der Waals surface area contributed by atoms with Gasteiger partial charge in [-0.3, -0.25) is 0 Å². The number of para-hydroxylation sites is 1. The molecule has 0 amide bonds. The number of aryl methyl sites for hydroxylation is 2. The molecule has 3 N–H and O–H groups in total. The largest absolute Gasteiger partial charge is 0.394 e. The van der Waals surface area contributed by atoms with E-state index in [2.05, 4.69) is 17.3 Å². The van der Waals surface area contributed by atoms with Crippen LogP contribution in [0.4, 0.5) is 17.2 Å². The van der Waals surface area contributed by atoms with Gasteiger partial charge in [-0.05, 0) is 25.5 Å². The second-order valence-corrected chi connectivity index (χ2v) is 4.58. The van der Waals surface area contributed by atoms with Gasteiger partial charge in [-0.15, -0.1) is 0 Å². The summed E-state index contributed by atoms with van der Waals surface area (Å²) in [5.41, 5.74) is 8.38. The average molecular weight is 265 g/mol. The summed E-state index contributed by atoms with van der Waals surface area (Å²) < 4.78 is 1.88. The number of anilines is 3. The first-order chi connectivity index (χ1) is 8.63. The summed E-state index contributed by atoms with van der Waals surface area (Å²) in [6.07, 6.45) is 0.998. The average Bonchev–Trinajstić information content (AvgIpc) is 2.60. The summed E-state index contributed by atoms with van der Waals surface area (Å²) in [6.45, 7) is 4.83. The Morgan fingerprint density at radius 2 is 2.11 bits per heavy atom. The number of nitrogens with two attached hydrogens (primary N) is 1. The highest BCUT2D eigenvalue weighted by Gasteiger charge is 2.13. The van der Waals surface area contributed by atoms with Crippen LogP contribution in [0, 0.1) is 6.92 Å². The number of nitrogens with one attached hydrogen (secondary N) is 1. The van der Waals surface area contributed by atoms with Crippen LogP contribution in [0.2, 0.25) is 5.02 Å². The molecular formula is C13H17ClN4. The van der Waals surface area contributed by atoms with Crippen LogP contribution in [0.15, 0.2) is 24.3 Å². The lowest BCUT2D eigenvalue weighted by Crippen LogP contribution is -2.05. The lowest BCUT2D eigenvalue weighted by Gasteiger charge is -2.11. The minimum absolute atomic E-state index is 0.666. The number of aromatic nitrogens is 2. The van der Waals surface area contributed by atoms with Gasteiger partial charge >= 0.3 is 0 Å². The van der Waals surface area contributed by atoms with Crippen LogP contribution in [0.1, 0.15) is 19.0 Å². The molecule has 0 aliphatic heterocycles. The predicted molar refractivity (Wildman–Crippen MR) is 76.4 cm³/mol. The quantitative estimate of drug-likeness (QED) is 0.887. The van der Waals surface area contributed by atoms with E-state index in [9.17, 15) is 0 Å². The zero-order valence-corrected chi connectivity index (χ0v) is 11.3. The highest BCUT2D eigenvalue weighted by atomic mass is 35.5. The summed E-state index contributed by atoms with van der Waals surface area (Å²) in [7, 11) is 0. The van der Waals surface area contributed by atoms with Gasteiger partial charge in [0.1, 0.15) is 0 Å². The van der Waals surface area contributed by atoms with Crippen molar-refractivity contribution in [1.82, 2.24) is 9.78 Å². The van der Waals surface area contributed by atoms with E-state index >= 15 is 0 Å². The number of rotatable bonds is 4. The van der Waals surface area contributed by atoms with Crippen LogP contribution in [0.5, 0.6) is 0 Å². The van der Waals surface area contributed by atoms with Crippen molar-refractivity contribution in [3.8, 4) is 0 Å². The molecule has 18 heavy (non-hydrogen) atoms. The zero-order chi connectivity index (χ0) is 13.1. The molecule has 0 aliphatic rings. The third-order valence-corrected chi connectivity index (χ3v) is 3.07. The minimum atomic E-state index is 0.666. The van der Waals surface area contributed by atoms with Crippen molar-refractivity contribution in [2.75, 3.05) is 11.1 Å². The van der Waals surface area contributed by atoms with E-state index < -0.39 is 0 Å². The number of nitrogen functional groups attached to an aromatic ring is 1. The fraction of sp³-hybridized carbons (Fsp3) is 0.308. The molecule has 96 valence electrons. The Bertz CT molecular complexity index is 548. The molecule has 5 heteroatoms. The van der Waals surface area contributed by atoms with E-state index in [1.807, 2.05) is 35.9 Å². The van der Waals surface area contributed by atoms with Crippen LogP contribution >= 0.6 is 11.6 Å². The molecule has 2 rings (SSSR count). The van der Waals surface area contributed by atoms with Crippen molar-refractivity contribution >= 4 is 28.8 Å². The summed E-state index contributed by atoms with van der Waals surface area (Å²) in [4.78, 5) is 0. The van der Waals surface area contributed by atoms with E-state index in [1.54, 1.807) is 0 Å². The first kappa shape index (κ1) is 12.8. The van der Waals surface area contributed by atoms with Crippen molar-refractivity contribution in [3.05, 3.63) is 35.0 Å². The topological polar surface area (TPSA) is 55.9 Å². The molecule has 1 aromatic heterocycles. The Morgan fingerprint density at radius 3 is 2.78 bits per heavy atom. The second-order valence-electron chi connectivity index (χ2n) is 4.18. The fourth-order valence-corrected chi connectivity index (χ4v) is 1.97. The van der Waals surface area contributed by atoms with Crippen molar-refractivity contribution < 1.29 is 0 Å². The molecule has 0 saturated carbocycles. The van der Waals surface area contributed by atoms with Gasteiger partial charge in [-0.1, -0.05) is 30.7 Å². The molecule has 1 aromatic carbocycles. The van der Waals surface area contributed by atoms with Crippen molar-refractivity contribution in [3.63, 3.8) is 0 Å². The molecule has 0 unspecified atom stereocenters. The molecule has 0 radical (unpaired) electrons. The number of hydrogen-bond acceptors (Lipinski definition) is 3. The molecule has 4 nitrogen and oxygen atoms in total. The lowest BCUT2D eigenvalue weighted by atomic mass is 10.3. The molecule has 2 aromatic rings. The number of nitrogens with zero attached hydrogens (tertiary/aromatic N) is 2. The van der Waals surface area contributed by atoms with Crippen LogP contribution in [-0.4, -0.2) is 9.78 Å². The SMILES string of the molecule is CCCn1nc(C)c(N)c1Nc1ccccc1Cl. The Kier molecular flexibility index (Phi) is 3.77. The zero-order valence-electron chi connectivity index (χ0n) is 10.6. The fourth-order valence-electron chi connectivity index (χ4n) is 1.79. The smallest absolute Gasteiger partial charge is 0.152 e. The van der Waals surface area contributed by atoms with Gasteiger partial charge in [0.25, 0.3) is 0 Å². The van der Waals surface area contributed by atoms with Crippen LogP contribution in [-0.2, 0) is 6.54 Å². The minimum Gasteiger partial charge on any atom is -0.394 e. The van der Waals surface area contributed by atoms with E-state index in [0.29, 0.717) is 10.7 Å². The maximum Gasteiger partial charge on any atom is 0.152 e. The molecule has 0 saturated heterocycles. The van der Waals surface area contributed by atoms with Gasteiger partial charge < -0.3 is 11.1 Å². The monoisotopic (exact) mass is 264 g/mol. The standard InChI is InChI=1S/C13H17ClN4/c1-3-8-18-13(12(15)9(2)17-18)16-11-7-5-4-6-10(11)14/h4-7,16H,3,8,15H2,1-2H3. The maximum absolute atomic E-state index is 6.13. The normalized spacial score (nSPS) is 10.6. The number of benzene rings is 1. The van der Waals surface area contributed by atoms with Gasteiger partial charge in [0.2, 0.25) is 0 Å². The Balaban J connectivity index is 2.36. The van der Waals surface area contributed by atoms with Gasteiger partial charge in [-0.25, -0.2) is 4.68 Å². The van der Waals surface area contributed by atoms with Gasteiger partial charge in [-0.2, -0.15) is 5.10 Å². The Labute approximate surface area is 112 Å². The summed E-state index contributed by atoms with van der Waals surface area (Å²) in [6, 6.07) is 7.58. The highest BCUT2D eigenvalue weighted by Crippen LogP contribution is 2.29. The molecule has 0 fully saturated rings. The van der Waals surface area contributed by atoms with Gasteiger partial charge in [0.05, 0.1) is 22.1 Å². The third-order valence-electron chi connectivity index (χ3n) is 2.74. The first-order valence-corrected chi connectivity index (χ1v) is 6.35. The van der Waals surface area contributed by atoms with E-state index in [1.165, 1.54) is 0 Å². The summed E-state index contributed by atoms with van der Waals surface area (Å²) in [5.74, 6) is 0.808. The predicted octanol–water partition coefficient (Wildman–Crippen LogP) is 3.58. The van der Waals surface area contributed by atoms with E-state index in [0.717, 1.165) is 30.2 Å². The molecular weight excluding hydrogens is 248 g/mol. The number of halogens is 1. The third kappa shape index (κ3) is 2.43. The lowest BCUT2D eigenvalue weighted by molar-refractivity contribution is 0.605. The Hall–Kier alpha value is -1.68. The maximum atomic E-state index is 6.13.